The Balaban J connectivity index is 1.84. The zero-order chi connectivity index (χ0) is 13.9. The highest BCUT2D eigenvalue weighted by molar-refractivity contribution is 6.33. The van der Waals surface area contributed by atoms with Crippen LogP contribution in [0.15, 0.2) is 48.8 Å². The zero-order valence-corrected chi connectivity index (χ0v) is 11.8. The molecule has 0 radical (unpaired) electrons. The topological polar surface area (TPSA) is 33.2 Å². The minimum atomic E-state index is 0.00918. The zero-order valence-electron chi connectivity index (χ0n) is 11.0. The molecule has 0 N–H and O–H groups in total. The van der Waals surface area contributed by atoms with Gasteiger partial charge >= 0.3 is 0 Å². The Hall–Kier alpha value is -1.87. The molecule has 1 amide bonds. The molecular weight excluding hydrogens is 272 g/mol. The monoisotopic (exact) mass is 286 g/mol. The highest BCUT2D eigenvalue weighted by Crippen LogP contribution is 2.31. The summed E-state index contributed by atoms with van der Waals surface area (Å²) in [4.78, 5) is 18.6. The summed E-state index contributed by atoms with van der Waals surface area (Å²) in [6.07, 6.45) is 5.64. The van der Waals surface area contributed by atoms with Crippen LogP contribution in [0.5, 0.6) is 0 Å². The third kappa shape index (κ3) is 2.83. The molecule has 0 atom stereocenters. The van der Waals surface area contributed by atoms with Crippen molar-refractivity contribution in [2.45, 2.75) is 25.4 Å². The lowest BCUT2D eigenvalue weighted by Crippen LogP contribution is -2.32. The summed E-state index contributed by atoms with van der Waals surface area (Å²) >= 11 is 6.13. The normalized spacial score (nSPS) is 14.1. The van der Waals surface area contributed by atoms with E-state index in [9.17, 15) is 4.79 Å². The van der Waals surface area contributed by atoms with Crippen molar-refractivity contribution in [2.75, 3.05) is 0 Å². The SMILES string of the molecule is O=C(c1ccccc1Cl)N(Cc1ccncc1)C1CC1. The number of pyridine rings is 1. The molecule has 0 saturated heterocycles. The first-order valence-electron chi connectivity index (χ1n) is 6.70. The molecule has 1 aromatic heterocycles. The average molecular weight is 287 g/mol. The van der Waals surface area contributed by atoms with Crippen molar-refractivity contribution in [3.8, 4) is 0 Å². The summed E-state index contributed by atoms with van der Waals surface area (Å²) < 4.78 is 0. The second-order valence-corrected chi connectivity index (χ2v) is 5.41. The Kier molecular flexibility index (Phi) is 3.70. The second kappa shape index (κ2) is 5.63. The van der Waals surface area contributed by atoms with Gasteiger partial charge in [-0.25, -0.2) is 0 Å². The van der Waals surface area contributed by atoms with Gasteiger partial charge in [-0.2, -0.15) is 0 Å². The van der Waals surface area contributed by atoms with E-state index in [4.69, 9.17) is 11.6 Å². The van der Waals surface area contributed by atoms with Crippen LogP contribution in [0.1, 0.15) is 28.8 Å². The van der Waals surface area contributed by atoms with E-state index in [1.807, 2.05) is 29.2 Å². The van der Waals surface area contributed by atoms with E-state index in [1.54, 1.807) is 24.5 Å². The van der Waals surface area contributed by atoms with Crippen molar-refractivity contribution in [3.63, 3.8) is 0 Å². The lowest BCUT2D eigenvalue weighted by Gasteiger charge is -2.23. The standard InChI is InChI=1S/C16H15ClN2O/c17-15-4-2-1-3-14(15)16(20)19(13-5-6-13)11-12-7-9-18-10-8-12/h1-4,7-10,13H,5-6,11H2. The predicted octanol–water partition coefficient (Wildman–Crippen LogP) is 3.54. The van der Waals surface area contributed by atoms with Gasteiger partial charge in [-0.15, -0.1) is 0 Å². The van der Waals surface area contributed by atoms with E-state index in [0.717, 1.165) is 18.4 Å². The van der Waals surface area contributed by atoms with Gasteiger partial charge in [-0.3, -0.25) is 9.78 Å². The quantitative estimate of drug-likeness (QED) is 0.861. The molecule has 0 bridgehead atoms. The Morgan fingerprint density at radius 3 is 2.55 bits per heavy atom. The van der Waals surface area contributed by atoms with Gasteiger partial charge in [0, 0.05) is 25.0 Å². The fraction of sp³-hybridized carbons (Fsp3) is 0.250. The smallest absolute Gasteiger partial charge is 0.255 e. The van der Waals surface area contributed by atoms with Crippen molar-refractivity contribution >= 4 is 17.5 Å². The molecule has 3 rings (SSSR count). The number of hydrogen-bond acceptors (Lipinski definition) is 2. The number of aromatic nitrogens is 1. The van der Waals surface area contributed by atoms with Gasteiger partial charge in [-0.1, -0.05) is 23.7 Å². The summed E-state index contributed by atoms with van der Waals surface area (Å²) in [5, 5.41) is 0.512. The average Bonchev–Trinajstić information content (AvgIpc) is 3.30. The van der Waals surface area contributed by atoms with Crippen LogP contribution in [0.4, 0.5) is 0 Å². The van der Waals surface area contributed by atoms with E-state index in [0.29, 0.717) is 23.2 Å². The first-order valence-corrected chi connectivity index (χ1v) is 7.08. The predicted molar refractivity (Wildman–Crippen MR) is 78.6 cm³/mol. The van der Waals surface area contributed by atoms with Crippen LogP contribution in [0.2, 0.25) is 5.02 Å². The third-order valence-electron chi connectivity index (χ3n) is 3.46. The Morgan fingerprint density at radius 1 is 1.20 bits per heavy atom. The maximum atomic E-state index is 12.7. The van der Waals surface area contributed by atoms with Crippen molar-refractivity contribution in [1.82, 2.24) is 9.88 Å². The molecular formula is C16H15ClN2O. The molecule has 2 aromatic rings. The minimum absolute atomic E-state index is 0.00918. The molecule has 0 spiro atoms. The maximum Gasteiger partial charge on any atom is 0.255 e. The number of carbonyl (C=O) groups excluding carboxylic acids is 1. The third-order valence-corrected chi connectivity index (χ3v) is 3.78. The number of hydrogen-bond donors (Lipinski definition) is 0. The van der Waals surface area contributed by atoms with Crippen LogP contribution in [0.25, 0.3) is 0 Å². The van der Waals surface area contributed by atoms with E-state index in [1.165, 1.54) is 0 Å². The van der Waals surface area contributed by atoms with Crippen molar-refractivity contribution < 1.29 is 4.79 Å². The molecule has 3 nitrogen and oxygen atoms in total. The number of rotatable bonds is 4. The van der Waals surface area contributed by atoms with Gasteiger partial charge in [0.1, 0.15) is 0 Å². The highest BCUT2D eigenvalue weighted by atomic mass is 35.5. The summed E-state index contributed by atoms with van der Waals surface area (Å²) in [6.45, 7) is 0.608. The molecule has 1 aromatic carbocycles. The lowest BCUT2D eigenvalue weighted by molar-refractivity contribution is 0.0730. The van der Waals surface area contributed by atoms with E-state index >= 15 is 0 Å². The van der Waals surface area contributed by atoms with Gasteiger partial charge in [0.05, 0.1) is 10.6 Å². The molecule has 102 valence electrons. The summed E-state index contributed by atoms with van der Waals surface area (Å²) in [5.74, 6) is 0.00918. The van der Waals surface area contributed by atoms with Gasteiger partial charge in [0.15, 0.2) is 0 Å². The van der Waals surface area contributed by atoms with Crippen molar-refractivity contribution in [1.29, 1.82) is 0 Å². The maximum absolute atomic E-state index is 12.7. The first kappa shape index (κ1) is 13.1. The minimum Gasteiger partial charge on any atom is -0.331 e. The molecule has 1 aliphatic rings. The number of halogens is 1. The van der Waals surface area contributed by atoms with Crippen LogP contribution < -0.4 is 0 Å². The Morgan fingerprint density at radius 2 is 1.90 bits per heavy atom. The molecule has 0 aliphatic heterocycles. The number of benzene rings is 1. The number of amides is 1. The van der Waals surface area contributed by atoms with Gasteiger partial charge in [0.2, 0.25) is 0 Å². The van der Waals surface area contributed by atoms with Crippen molar-refractivity contribution in [2.24, 2.45) is 0 Å². The molecule has 4 heteroatoms. The Bertz CT molecular complexity index is 611. The summed E-state index contributed by atoms with van der Waals surface area (Å²) in [6, 6.07) is 11.4. The van der Waals surface area contributed by atoms with Crippen LogP contribution in [-0.2, 0) is 6.54 Å². The van der Waals surface area contributed by atoms with Gasteiger partial charge in [0.25, 0.3) is 5.91 Å². The largest absolute Gasteiger partial charge is 0.331 e. The van der Waals surface area contributed by atoms with E-state index < -0.39 is 0 Å². The van der Waals surface area contributed by atoms with Crippen molar-refractivity contribution in [3.05, 3.63) is 64.9 Å². The van der Waals surface area contributed by atoms with Crippen LogP contribution >= 0.6 is 11.6 Å². The highest BCUT2D eigenvalue weighted by Gasteiger charge is 2.33. The Labute approximate surface area is 123 Å². The molecule has 1 saturated carbocycles. The summed E-state index contributed by atoms with van der Waals surface area (Å²) in [5.41, 5.74) is 1.67. The fourth-order valence-electron chi connectivity index (χ4n) is 2.23. The molecule has 20 heavy (non-hydrogen) atoms. The number of nitrogens with zero attached hydrogens (tertiary/aromatic N) is 2. The van der Waals surface area contributed by atoms with Crippen LogP contribution in [0, 0.1) is 0 Å². The fourth-order valence-corrected chi connectivity index (χ4v) is 2.44. The van der Waals surface area contributed by atoms with E-state index in [-0.39, 0.29) is 5.91 Å². The summed E-state index contributed by atoms with van der Waals surface area (Å²) in [7, 11) is 0. The van der Waals surface area contributed by atoms with Gasteiger partial charge in [-0.05, 0) is 42.7 Å². The first-order chi connectivity index (χ1) is 9.75. The number of carbonyl (C=O) groups is 1. The van der Waals surface area contributed by atoms with Crippen LogP contribution in [-0.4, -0.2) is 21.8 Å². The molecule has 1 heterocycles. The molecule has 0 unspecified atom stereocenters. The van der Waals surface area contributed by atoms with E-state index in [2.05, 4.69) is 4.98 Å². The molecule has 1 fully saturated rings. The van der Waals surface area contributed by atoms with Crippen LogP contribution in [0.3, 0.4) is 0 Å². The second-order valence-electron chi connectivity index (χ2n) is 5.00. The van der Waals surface area contributed by atoms with Gasteiger partial charge < -0.3 is 4.90 Å². The lowest BCUT2D eigenvalue weighted by atomic mass is 10.1. The molecule has 1 aliphatic carbocycles.